The van der Waals surface area contributed by atoms with Gasteiger partial charge in [0, 0.05) is 0 Å². The number of hydrogen-bond donors (Lipinski definition) is 1. The lowest BCUT2D eigenvalue weighted by Crippen LogP contribution is -2.18. The highest BCUT2D eigenvalue weighted by Crippen LogP contribution is 2.28. The molecule has 7 heteroatoms. The van der Waals surface area contributed by atoms with Gasteiger partial charge < -0.3 is 9.47 Å². The van der Waals surface area contributed by atoms with Gasteiger partial charge in [-0.3, -0.25) is 0 Å². The second-order valence-corrected chi connectivity index (χ2v) is 8.01. The van der Waals surface area contributed by atoms with E-state index in [2.05, 4.69) is 9.93 Å². The van der Waals surface area contributed by atoms with Crippen LogP contribution in [0.5, 0.6) is 11.5 Å². The molecule has 0 saturated heterocycles. The molecule has 0 saturated carbocycles. The molecule has 0 bridgehead atoms. The number of methoxy groups -OCH3 is 1. The van der Waals surface area contributed by atoms with Crippen molar-refractivity contribution in [3.05, 3.63) is 89.5 Å². The molecule has 0 atom stereocenters. The zero-order valence-electron chi connectivity index (χ0n) is 16.2. The molecule has 1 N–H and O–H groups in total. The zero-order valence-corrected chi connectivity index (χ0v) is 17.0. The number of hydrazone groups is 1. The van der Waals surface area contributed by atoms with E-state index in [-0.39, 0.29) is 4.90 Å². The van der Waals surface area contributed by atoms with E-state index in [1.54, 1.807) is 43.5 Å². The van der Waals surface area contributed by atoms with Crippen molar-refractivity contribution in [2.45, 2.75) is 18.4 Å². The van der Waals surface area contributed by atoms with Gasteiger partial charge in [0.05, 0.1) is 18.2 Å². The molecule has 0 amide bonds. The van der Waals surface area contributed by atoms with Gasteiger partial charge in [0.15, 0.2) is 11.5 Å². The normalized spacial score (nSPS) is 11.4. The Labute approximate surface area is 170 Å². The molecule has 0 aliphatic rings. The lowest BCUT2D eigenvalue weighted by molar-refractivity contribution is 0.284. The Morgan fingerprint density at radius 2 is 1.69 bits per heavy atom. The predicted octanol–water partition coefficient (Wildman–Crippen LogP) is 3.90. The van der Waals surface area contributed by atoms with Gasteiger partial charge in [-0.1, -0.05) is 48.0 Å². The van der Waals surface area contributed by atoms with Crippen molar-refractivity contribution in [2.24, 2.45) is 5.10 Å². The number of nitrogens with one attached hydrogen (secondary N) is 1. The minimum atomic E-state index is -3.70. The van der Waals surface area contributed by atoms with E-state index in [4.69, 9.17) is 9.47 Å². The molecule has 3 rings (SSSR count). The molecular weight excluding hydrogens is 388 g/mol. The molecule has 3 aromatic rings. The first-order valence-electron chi connectivity index (χ1n) is 8.94. The molecule has 0 heterocycles. The van der Waals surface area contributed by atoms with Crippen molar-refractivity contribution < 1.29 is 17.9 Å². The number of aryl methyl sites for hydroxylation is 1. The van der Waals surface area contributed by atoms with Crippen LogP contribution in [0.1, 0.15) is 16.7 Å². The second-order valence-electron chi connectivity index (χ2n) is 6.35. The minimum absolute atomic E-state index is 0.148. The van der Waals surface area contributed by atoms with Crippen molar-refractivity contribution in [2.75, 3.05) is 7.11 Å². The third kappa shape index (κ3) is 5.58. The highest BCUT2D eigenvalue weighted by Gasteiger charge is 2.11. The summed E-state index contributed by atoms with van der Waals surface area (Å²) in [4.78, 5) is 2.34. The average molecular weight is 410 g/mol. The fourth-order valence-electron chi connectivity index (χ4n) is 2.55. The number of nitrogens with zero attached hydrogens (tertiary/aromatic N) is 1. The molecule has 0 fully saturated rings. The van der Waals surface area contributed by atoms with Gasteiger partial charge in [-0.15, -0.1) is 0 Å². The van der Waals surface area contributed by atoms with Gasteiger partial charge in [0.2, 0.25) is 0 Å². The summed E-state index contributed by atoms with van der Waals surface area (Å²) >= 11 is 0. The Kier molecular flexibility index (Phi) is 6.51. The lowest BCUT2D eigenvalue weighted by Gasteiger charge is -2.11. The van der Waals surface area contributed by atoms with Crippen LogP contribution in [0.15, 0.2) is 82.8 Å². The Hall–Kier alpha value is -3.32. The first-order valence-corrected chi connectivity index (χ1v) is 10.4. The predicted molar refractivity (Wildman–Crippen MR) is 113 cm³/mol. The number of benzene rings is 3. The van der Waals surface area contributed by atoms with Gasteiger partial charge >= 0.3 is 0 Å². The Morgan fingerprint density at radius 3 is 2.38 bits per heavy atom. The number of ether oxygens (including phenoxy) is 2. The molecule has 3 aromatic carbocycles. The smallest absolute Gasteiger partial charge is 0.276 e. The average Bonchev–Trinajstić information content (AvgIpc) is 2.74. The van der Waals surface area contributed by atoms with Crippen molar-refractivity contribution in [3.63, 3.8) is 0 Å². The van der Waals surface area contributed by atoms with Crippen LogP contribution in [0.25, 0.3) is 0 Å². The molecule has 29 heavy (non-hydrogen) atoms. The monoisotopic (exact) mass is 410 g/mol. The van der Waals surface area contributed by atoms with E-state index >= 15 is 0 Å². The Morgan fingerprint density at radius 1 is 0.966 bits per heavy atom. The molecule has 0 aliphatic carbocycles. The molecule has 0 unspecified atom stereocenters. The summed E-state index contributed by atoms with van der Waals surface area (Å²) in [5.41, 5.74) is 2.91. The van der Waals surface area contributed by atoms with E-state index in [0.717, 1.165) is 5.56 Å². The van der Waals surface area contributed by atoms with Crippen LogP contribution in [-0.4, -0.2) is 21.7 Å². The van der Waals surface area contributed by atoms with E-state index in [1.807, 2.05) is 31.2 Å². The van der Waals surface area contributed by atoms with E-state index in [1.165, 1.54) is 23.9 Å². The second kappa shape index (κ2) is 9.25. The standard InChI is InChI=1S/C22H22N2O4S/c1-17-8-10-18(11-9-17)16-28-21-13-12-19(14-22(21)27-2)15-23-24-29(25,26)20-6-4-3-5-7-20/h3-15,24H,16H2,1-2H3. The molecule has 0 radical (unpaired) electrons. The summed E-state index contributed by atoms with van der Waals surface area (Å²) in [6, 6.07) is 21.4. The number of hydrogen-bond acceptors (Lipinski definition) is 5. The summed E-state index contributed by atoms with van der Waals surface area (Å²) in [6.07, 6.45) is 1.41. The molecule has 0 aliphatic heterocycles. The summed E-state index contributed by atoms with van der Waals surface area (Å²) in [5, 5.41) is 3.84. The van der Waals surface area contributed by atoms with Crippen LogP contribution < -0.4 is 14.3 Å². The third-order valence-electron chi connectivity index (χ3n) is 4.14. The van der Waals surface area contributed by atoms with E-state index in [0.29, 0.717) is 23.7 Å². The van der Waals surface area contributed by atoms with Gasteiger partial charge in [-0.2, -0.15) is 13.5 Å². The lowest BCUT2D eigenvalue weighted by atomic mass is 10.2. The van der Waals surface area contributed by atoms with Gasteiger partial charge in [0.1, 0.15) is 6.61 Å². The van der Waals surface area contributed by atoms with Gasteiger partial charge in [0.25, 0.3) is 10.0 Å². The minimum Gasteiger partial charge on any atom is -0.493 e. The maximum atomic E-state index is 12.2. The Balaban J connectivity index is 1.66. The fourth-order valence-corrected chi connectivity index (χ4v) is 3.36. The first kappa shape index (κ1) is 20.4. The summed E-state index contributed by atoms with van der Waals surface area (Å²) in [6.45, 7) is 2.45. The number of sulfonamides is 1. The van der Waals surface area contributed by atoms with Crippen LogP contribution in [0.4, 0.5) is 0 Å². The SMILES string of the molecule is COc1cc(C=NNS(=O)(=O)c2ccccc2)ccc1OCc1ccc(C)cc1. The molecule has 150 valence electrons. The van der Waals surface area contributed by atoms with E-state index < -0.39 is 10.0 Å². The first-order chi connectivity index (χ1) is 14.0. The molecule has 0 spiro atoms. The van der Waals surface area contributed by atoms with Crippen LogP contribution in [0, 0.1) is 6.92 Å². The maximum absolute atomic E-state index is 12.2. The molecule has 0 aromatic heterocycles. The van der Waals surface area contributed by atoms with Crippen molar-refractivity contribution >= 4 is 16.2 Å². The van der Waals surface area contributed by atoms with Crippen LogP contribution in [0.3, 0.4) is 0 Å². The molecule has 6 nitrogen and oxygen atoms in total. The van der Waals surface area contributed by atoms with E-state index in [9.17, 15) is 8.42 Å². The topological polar surface area (TPSA) is 77.0 Å². The van der Waals surface area contributed by atoms with Crippen LogP contribution in [0.2, 0.25) is 0 Å². The zero-order chi connectivity index (χ0) is 20.7. The largest absolute Gasteiger partial charge is 0.493 e. The number of rotatable bonds is 8. The summed E-state index contributed by atoms with van der Waals surface area (Å²) in [5.74, 6) is 1.13. The fraction of sp³-hybridized carbons (Fsp3) is 0.136. The van der Waals surface area contributed by atoms with Crippen LogP contribution >= 0.6 is 0 Å². The van der Waals surface area contributed by atoms with Crippen LogP contribution in [-0.2, 0) is 16.6 Å². The van der Waals surface area contributed by atoms with Gasteiger partial charge in [-0.25, -0.2) is 4.83 Å². The molecular formula is C22H22N2O4S. The van der Waals surface area contributed by atoms with Crippen molar-refractivity contribution in [1.29, 1.82) is 0 Å². The summed E-state index contributed by atoms with van der Waals surface area (Å²) < 4.78 is 35.6. The van der Waals surface area contributed by atoms with Gasteiger partial charge in [-0.05, 0) is 48.4 Å². The quantitative estimate of drug-likeness (QED) is 0.451. The maximum Gasteiger partial charge on any atom is 0.276 e. The summed E-state index contributed by atoms with van der Waals surface area (Å²) in [7, 11) is -2.15. The highest BCUT2D eigenvalue weighted by atomic mass is 32.2. The highest BCUT2D eigenvalue weighted by molar-refractivity contribution is 7.89. The third-order valence-corrected chi connectivity index (χ3v) is 5.38. The van der Waals surface area contributed by atoms with Crippen molar-refractivity contribution in [1.82, 2.24) is 4.83 Å². The Bertz CT molecular complexity index is 1080. The van der Waals surface area contributed by atoms with Crippen molar-refractivity contribution in [3.8, 4) is 11.5 Å².